The van der Waals surface area contributed by atoms with E-state index >= 15 is 0 Å². The average Bonchev–Trinajstić information content (AvgIpc) is 3.05. The predicted molar refractivity (Wildman–Crippen MR) is 113 cm³/mol. The van der Waals surface area contributed by atoms with Gasteiger partial charge in [-0.15, -0.1) is 0 Å². The molecule has 132 valence electrons. The number of hydrogen-bond acceptors (Lipinski definition) is 2. The first-order chi connectivity index (χ1) is 13.7. The van der Waals surface area contributed by atoms with Crippen molar-refractivity contribution in [1.82, 2.24) is 0 Å². The van der Waals surface area contributed by atoms with Crippen molar-refractivity contribution in [2.24, 2.45) is 0 Å². The third-order valence-corrected chi connectivity index (χ3v) is 5.71. The summed E-state index contributed by atoms with van der Waals surface area (Å²) in [6, 6.07) is 24.5. The van der Waals surface area contributed by atoms with Gasteiger partial charge in [0.05, 0.1) is 11.6 Å². The fourth-order valence-electron chi connectivity index (χ4n) is 4.56. The number of allylic oxidation sites excluding steroid dienone is 6. The first kappa shape index (κ1) is 16.9. The quantitative estimate of drug-likeness (QED) is 0.554. The molecule has 3 aromatic carbocycles. The highest BCUT2D eigenvalue weighted by Crippen LogP contribution is 2.56. The van der Waals surface area contributed by atoms with Crippen LogP contribution in [0.5, 0.6) is 0 Å². The van der Waals surface area contributed by atoms with E-state index in [0.29, 0.717) is 5.46 Å². The SMILES string of the molecule is OB(O)c1ccc2c(c1)C(C1=CC=C[C+]=C1)(c1ccccc1)c1ccccc1-2. The molecule has 2 N–H and O–H groups in total. The van der Waals surface area contributed by atoms with E-state index in [0.717, 1.165) is 22.3 Å². The van der Waals surface area contributed by atoms with E-state index in [1.54, 1.807) is 6.07 Å². The molecule has 0 aliphatic heterocycles. The van der Waals surface area contributed by atoms with E-state index in [4.69, 9.17) is 0 Å². The van der Waals surface area contributed by atoms with Crippen LogP contribution in [0.3, 0.4) is 0 Å². The van der Waals surface area contributed by atoms with Gasteiger partial charge in [-0.05, 0) is 33.3 Å². The summed E-state index contributed by atoms with van der Waals surface area (Å²) >= 11 is 0. The minimum absolute atomic E-state index is 0.492. The normalized spacial score (nSPS) is 18.9. The smallest absolute Gasteiger partial charge is 0.423 e. The van der Waals surface area contributed by atoms with Crippen molar-refractivity contribution >= 4 is 12.6 Å². The molecule has 28 heavy (non-hydrogen) atoms. The first-order valence-electron chi connectivity index (χ1n) is 9.35. The second-order valence-electron chi connectivity index (χ2n) is 7.13. The van der Waals surface area contributed by atoms with Crippen LogP contribution in [-0.4, -0.2) is 17.2 Å². The zero-order valence-electron chi connectivity index (χ0n) is 15.2. The second-order valence-corrected chi connectivity index (χ2v) is 7.13. The molecule has 2 nitrogen and oxygen atoms in total. The summed E-state index contributed by atoms with van der Waals surface area (Å²) in [6.07, 6.45) is 11.3. The van der Waals surface area contributed by atoms with E-state index in [9.17, 15) is 10.0 Å². The molecule has 0 heterocycles. The van der Waals surface area contributed by atoms with Gasteiger partial charge in [-0.3, -0.25) is 0 Å². The molecule has 2 aliphatic carbocycles. The Morgan fingerprint density at radius 1 is 0.786 bits per heavy atom. The molecule has 2 aliphatic rings. The van der Waals surface area contributed by atoms with Crippen molar-refractivity contribution in [3.8, 4) is 11.1 Å². The highest BCUT2D eigenvalue weighted by molar-refractivity contribution is 6.58. The lowest BCUT2D eigenvalue weighted by Crippen LogP contribution is -2.34. The topological polar surface area (TPSA) is 40.5 Å². The Kier molecular flexibility index (Phi) is 3.89. The van der Waals surface area contributed by atoms with Gasteiger partial charge in [0.1, 0.15) is 17.6 Å². The summed E-state index contributed by atoms with van der Waals surface area (Å²) in [5.41, 5.74) is 6.76. The molecule has 1 atom stereocenters. The highest BCUT2D eigenvalue weighted by atomic mass is 16.4. The fourth-order valence-corrected chi connectivity index (χ4v) is 4.56. The Morgan fingerprint density at radius 3 is 2.29 bits per heavy atom. The Labute approximate surface area is 165 Å². The lowest BCUT2D eigenvalue weighted by molar-refractivity contribution is 0.425. The van der Waals surface area contributed by atoms with E-state index in [-0.39, 0.29) is 0 Å². The summed E-state index contributed by atoms with van der Waals surface area (Å²) in [5.74, 6) is 0. The molecule has 0 aromatic heterocycles. The summed E-state index contributed by atoms with van der Waals surface area (Å²) in [5, 5.41) is 19.7. The highest BCUT2D eigenvalue weighted by Gasteiger charge is 2.50. The van der Waals surface area contributed by atoms with E-state index in [2.05, 4.69) is 60.7 Å². The van der Waals surface area contributed by atoms with Crippen LogP contribution < -0.4 is 5.46 Å². The van der Waals surface area contributed by atoms with Gasteiger partial charge in [0, 0.05) is 12.2 Å². The molecule has 0 radical (unpaired) electrons. The van der Waals surface area contributed by atoms with Crippen LogP contribution in [0.4, 0.5) is 0 Å². The Morgan fingerprint density at radius 2 is 1.54 bits per heavy atom. The molecular formula is C25H18BO2+. The van der Waals surface area contributed by atoms with Crippen LogP contribution in [0.2, 0.25) is 0 Å². The van der Waals surface area contributed by atoms with Crippen molar-refractivity contribution in [3.63, 3.8) is 0 Å². The maximum Gasteiger partial charge on any atom is 0.488 e. The number of hydrogen-bond donors (Lipinski definition) is 2. The monoisotopic (exact) mass is 361 g/mol. The van der Waals surface area contributed by atoms with Gasteiger partial charge in [0.15, 0.2) is 0 Å². The minimum atomic E-state index is -1.51. The summed E-state index contributed by atoms with van der Waals surface area (Å²) in [4.78, 5) is 0. The van der Waals surface area contributed by atoms with E-state index in [1.807, 2.05) is 36.4 Å². The van der Waals surface area contributed by atoms with Gasteiger partial charge in [0.2, 0.25) is 0 Å². The number of fused-ring (bicyclic) bond motifs is 3. The van der Waals surface area contributed by atoms with E-state index < -0.39 is 12.5 Å². The second kappa shape index (κ2) is 6.44. The molecule has 0 fully saturated rings. The molecule has 0 bridgehead atoms. The first-order valence-corrected chi connectivity index (χ1v) is 9.35. The maximum absolute atomic E-state index is 9.83. The van der Waals surface area contributed by atoms with Crippen molar-refractivity contribution in [2.75, 3.05) is 0 Å². The summed E-state index contributed by atoms with van der Waals surface area (Å²) in [6.45, 7) is 0. The zero-order chi connectivity index (χ0) is 19.1. The molecular weight excluding hydrogens is 343 g/mol. The molecule has 5 rings (SSSR count). The van der Waals surface area contributed by atoms with Crippen LogP contribution >= 0.6 is 0 Å². The Balaban J connectivity index is 1.94. The number of rotatable bonds is 3. The number of benzene rings is 3. The standard InChI is InChI=1S/C25H18BO2/c27-26(28)20-15-16-22-21-13-7-8-14-23(21)25(24(22)17-20,18-9-3-1-4-10-18)19-11-5-2-6-12-19/h1-5,7-17,27-28H/q+1. The maximum atomic E-state index is 9.83. The van der Waals surface area contributed by atoms with Crippen LogP contribution in [0.25, 0.3) is 11.1 Å². The lowest BCUT2D eigenvalue weighted by Gasteiger charge is -2.31. The molecule has 0 amide bonds. The van der Waals surface area contributed by atoms with Gasteiger partial charge in [-0.2, -0.15) is 0 Å². The molecule has 0 saturated heterocycles. The third kappa shape index (κ3) is 2.28. The summed E-state index contributed by atoms with van der Waals surface area (Å²) in [7, 11) is -1.51. The largest absolute Gasteiger partial charge is 0.488 e. The van der Waals surface area contributed by atoms with Crippen LogP contribution in [-0.2, 0) is 5.41 Å². The molecule has 0 spiro atoms. The molecule has 1 unspecified atom stereocenters. The Hall–Kier alpha value is -3.23. The van der Waals surface area contributed by atoms with Crippen molar-refractivity contribution < 1.29 is 10.0 Å². The van der Waals surface area contributed by atoms with Crippen LogP contribution in [0, 0.1) is 6.08 Å². The fraction of sp³-hybridized carbons (Fsp3) is 0.0400. The van der Waals surface area contributed by atoms with E-state index in [1.165, 1.54) is 11.1 Å². The van der Waals surface area contributed by atoms with Gasteiger partial charge in [-0.25, -0.2) is 0 Å². The van der Waals surface area contributed by atoms with Gasteiger partial charge < -0.3 is 10.0 Å². The van der Waals surface area contributed by atoms with Gasteiger partial charge >= 0.3 is 7.12 Å². The van der Waals surface area contributed by atoms with Crippen molar-refractivity contribution in [3.05, 3.63) is 125 Å². The predicted octanol–water partition coefficient (Wildman–Crippen LogP) is 3.54. The zero-order valence-corrected chi connectivity index (χ0v) is 15.2. The lowest BCUT2D eigenvalue weighted by atomic mass is 9.65. The summed E-state index contributed by atoms with van der Waals surface area (Å²) < 4.78 is 0. The van der Waals surface area contributed by atoms with Crippen molar-refractivity contribution in [1.29, 1.82) is 0 Å². The van der Waals surface area contributed by atoms with Gasteiger partial charge in [-0.1, -0.05) is 72.8 Å². The van der Waals surface area contributed by atoms with Gasteiger partial charge in [0.25, 0.3) is 0 Å². The molecule has 3 aromatic rings. The van der Waals surface area contributed by atoms with Crippen LogP contribution in [0.15, 0.2) is 103 Å². The Bertz CT molecular complexity index is 1140. The van der Waals surface area contributed by atoms with Crippen molar-refractivity contribution in [2.45, 2.75) is 5.41 Å². The third-order valence-electron chi connectivity index (χ3n) is 5.71. The molecule has 0 saturated carbocycles. The minimum Gasteiger partial charge on any atom is -0.423 e. The molecule has 3 heteroatoms. The van der Waals surface area contributed by atoms with Crippen LogP contribution in [0.1, 0.15) is 16.7 Å². The average molecular weight is 361 g/mol.